The third kappa shape index (κ3) is 2.68. The van der Waals surface area contributed by atoms with Crippen molar-refractivity contribution in [1.82, 2.24) is 15.1 Å². The number of hydrogen-bond acceptors (Lipinski definition) is 6. The fraction of sp³-hybridized carbons (Fsp3) is 0.353. The van der Waals surface area contributed by atoms with Gasteiger partial charge in [-0.15, -0.1) is 11.3 Å². The van der Waals surface area contributed by atoms with Crippen molar-refractivity contribution in [2.75, 3.05) is 0 Å². The van der Waals surface area contributed by atoms with Crippen LogP contribution >= 0.6 is 11.3 Å². The Morgan fingerprint density at radius 3 is 2.70 bits per heavy atom. The van der Waals surface area contributed by atoms with Gasteiger partial charge in [0, 0.05) is 22.2 Å². The first kappa shape index (κ1) is 14.5. The lowest BCUT2D eigenvalue weighted by atomic mass is 9.98. The number of aromatic nitrogens is 3. The van der Waals surface area contributed by atoms with Crippen molar-refractivity contribution < 1.29 is 4.52 Å². The first-order chi connectivity index (χ1) is 11.1. The van der Waals surface area contributed by atoms with E-state index >= 15 is 0 Å². The first-order valence-electron chi connectivity index (χ1n) is 7.80. The Morgan fingerprint density at radius 1 is 1.17 bits per heavy atom. The highest BCUT2D eigenvalue weighted by molar-refractivity contribution is 7.13. The Balaban J connectivity index is 1.67. The Kier molecular flexibility index (Phi) is 3.50. The van der Waals surface area contributed by atoms with Gasteiger partial charge in [0.15, 0.2) is 5.82 Å². The molecule has 5 nitrogen and oxygen atoms in total. The molecule has 118 valence electrons. The lowest BCUT2D eigenvalue weighted by Gasteiger charge is -2.17. The summed E-state index contributed by atoms with van der Waals surface area (Å²) in [5, 5.41) is 7.17. The summed E-state index contributed by atoms with van der Waals surface area (Å²) in [6, 6.07) is 8.03. The second-order valence-electron chi connectivity index (χ2n) is 6.16. The molecule has 23 heavy (non-hydrogen) atoms. The molecule has 1 fully saturated rings. The molecule has 0 atom stereocenters. The number of aryl methyl sites for hydroxylation is 1. The van der Waals surface area contributed by atoms with Gasteiger partial charge in [-0.1, -0.05) is 30.1 Å². The molecule has 0 radical (unpaired) electrons. The minimum Gasteiger partial charge on any atom is -0.334 e. The molecule has 0 unspecified atom stereocenters. The number of thiazole rings is 1. The molecule has 2 heterocycles. The molecule has 0 aliphatic heterocycles. The molecule has 2 aromatic heterocycles. The maximum Gasteiger partial charge on any atom is 0.258 e. The molecule has 0 spiro atoms. The highest BCUT2D eigenvalue weighted by Crippen LogP contribution is 2.36. The predicted molar refractivity (Wildman–Crippen MR) is 89.9 cm³/mol. The molecule has 4 rings (SSSR count). The van der Waals surface area contributed by atoms with Crippen LogP contribution in [0, 0.1) is 6.92 Å². The van der Waals surface area contributed by atoms with Crippen LogP contribution in [0.5, 0.6) is 0 Å². The zero-order valence-electron chi connectivity index (χ0n) is 13.0. The predicted octanol–water partition coefficient (Wildman–Crippen LogP) is 3.90. The number of hydrogen-bond donors (Lipinski definition) is 1. The van der Waals surface area contributed by atoms with Gasteiger partial charge in [0.25, 0.3) is 5.89 Å². The second-order valence-corrected chi connectivity index (χ2v) is 7.02. The van der Waals surface area contributed by atoms with E-state index < -0.39 is 5.54 Å². The van der Waals surface area contributed by atoms with E-state index in [-0.39, 0.29) is 0 Å². The van der Waals surface area contributed by atoms with Gasteiger partial charge in [-0.05, 0) is 31.9 Å². The molecular formula is C17H18N4OS. The zero-order chi connectivity index (χ0) is 15.9. The average Bonchev–Trinajstić information content (AvgIpc) is 3.28. The minimum atomic E-state index is -0.425. The summed E-state index contributed by atoms with van der Waals surface area (Å²) in [7, 11) is 0. The van der Waals surface area contributed by atoms with Gasteiger partial charge in [0.2, 0.25) is 0 Å². The summed E-state index contributed by atoms with van der Waals surface area (Å²) in [6.45, 7) is 2.00. The summed E-state index contributed by atoms with van der Waals surface area (Å²) in [6.07, 6.45) is 4.09. The molecule has 6 heteroatoms. The van der Waals surface area contributed by atoms with Crippen molar-refractivity contribution in [3.8, 4) is 22.0 Å². The zero-order valence-corrected chi connectivity index (χ0v) is 13.8. The third-order valence-corrected chi connectivity index (χ3v) is 5.35. The minimum absolute atomic E-state index is 0.425. The molecule has 1 saturated carbocycles. The maximum atomic E-state index is 6.40. The fourth-order valence-corrected chi connectivity index (χ4v) is 3.84. The largest absolute Gasteiger partial charge is 0.334 e. The summed E-state index contributed by atoms with van der Waals surface area (Å²) in [5.74, 6) is 1.15. The topological polar surface area (TPSA) is 77.8 Å². The van der Waals surface area contributed by atoms with Crippen molar-refractivity contribution in [2.24, 2.45) is 5.73 Å². The molecule has 0 amide bonds. The number of rotatable bonds is 3. The molecule has 0 saturated heterocycles. The summed E-state index contributed by atoms with van der Waals surface area (Å²) >= 11 is 1.63. The smallest absolute Gasteiger partial charge is 0.258 e. The van der Waals surface area contributed by atoms with Crippen LogP contribution in [0.1, 0.15) is 37.2 Å². The van der Waals surface area contributed by atoms with E-state index in [1.54, 1.807) is 11.3 Å². The van der Waals surface area contributed by atoms with Gasteiger partial charge in [0.1, 0.15) is 5.01 Å². The highest BCUT2D eigenvalue weighted by atomic mass is 32.1. The quantitative estimate of drug-likeness (QED) is 0.790. The Hall–Kier alpha value is -2.05. The van der Waals surface area contributed by atoms with Crippen LogP contribution < -0.4 is 5.73 Å². The van der Waals surface area contributed by atoms with Crippen molar-refractivity contribution >= 4 is 11.3 Å². The highest BCUT2D eigenvalue weighted by Gasteiger charge is 2.36. The van der Waals surface area contributed by atoms with Crippen LogP contribution in [0.25, 0.3) is 22.0 Å². The number of nitrogens with two attached hydrogens (primary N) is 1. The Morgan fingerprint density at radius 2 is 1.96 bits per heavy atom. The lowest BCUT2D eigenvalue weighted by molar-refractivity contribution is 0.372. The normalized spacial score (nSPS) is 16.8. The van der Waals surface area contributed by atoms with E-state index in [0.29, 0.717) is 11.7 Å². The molecule has 3 aromatic rings. The Labute approximate surface area is 138 Å². The van der Waals surface area contributed by atoms with Gasteiger partial charge in [-0.3, -0.25) is 0 Å². The van der Waals surface area contributed by atoms with Gasteiger partial charge >= 0.3 is 0 Å². The SMILES string of the molecule is Cc1csc(-c2cccc(-c3nc(C4(N)CCCC4)no3)c2)n1. The monoisotopic (exact) mass is 326 g/mol. The van der Waals surface area contributed by atoms with Crippen molar-refractivity contribution in [3.63, 3.8) is 0 Å². The molecule has 0 bridgehead atoms. The van der Waals surface area contributed by atoms with E-state index in [2.05, 4.69) is 15.1 Å². The maximum absolute atomic E-state index is 6.40. The van der Waals surface area contributed by atoms with E-state index in [0.717, 1.165) is 47.5 Å². The Bertz CT molecular complexity index is 832. The van der Waals surface area contributed by atoms with Crippen LogP contribution in [0.2, 0.25) is 0 Å². The van der Waals surface area contributed by atoms with Crippen LogP contribution in [-0.2, 0) is 5.54 Å². The van der Waals surface area contributed by atoms with Crippen molar-refractivity contribution in [1.29, 1.82) is 0 Å². The van der Waals surface area contributed by atoms with E-state index in [4.69, 9.17) is 10.3 Å². The average molecular weight is 326 g/mol. The van der Waals surface area contributed by atoms with Crippen LogP contribution in [0.15, 0.2) is 34.2 Å². The molecule has 1 aromatic carbocycles. The molecule has 2 N–H and O–H groups in total. The first-order valence-corrected chi connectivity index (χ1v) is 8.68. The van der Waals surface area contributed by atoms with Gasteiger partial charge in [-0.2, -0.15) is 4.98 Å². The van der Waals surface area contributed by atoms with Gasteiger partial charge in [0.05, 0.1) is 5.54 Å². The van der Waals surface area contributed by atoms with Gasteiger partial charge < -0.3 is 10.3 Å². The summed E-state index contributed by atoms with van der Waals surface area (Å²) in [4.78, 5) is 9.08. The summed E-state index contributed by atoms with van der Waals surface area (Å²) < 4.78 is 5.47. The summed E-state index contributed by atoms with van der Waals surface area (Å²) in [5.41, 5.74) is 8.96. The van der Waals surface area contributed by atoms with Crippen LogP contribution in [0.4, 0.5) is 0 Å². The molecular weight excluding hydrogens is 308 g/mol. The number of nitrogens with zero attached hydrogens (tertiary/aromatic N) is 3. The van der Waals surface area contributed by atoms with Crippen molar-refractivity contribution in [2.45, 2.75) is 38.1 Å². The van der Waals surface area contributed by atoms with E-state index in [1.807, 2.05) is 36.6 Å². The fourth-order valence-electron chi connectivity index (χ4n) is 3.04. The second kappa shape index (κ2) is 5.54. The lowest BCUT2D eigenvalue weighted by Crippen LogP contribution is -2.34. The van der Waals surface area contributed by atoms with Crippen molar-refractivity contribution in [3.05, 3.63) is 41.2 Å². The van der Waals surface area contributed by atoms with E-state index in [9.17, 15) is 0 Å². The molecule has 1 aliphatic carbocycles. The third-order valence-electron chi connectivity index (χ3n) is 4.34. The van der Waals surface area contributed by atoms with Crippen LogP contribution in [0.3, 0.4) is 0 Å². The van der Waals surface area contributed by atoms with Gasteiger partial charge in [-0.25, -0.2) is 4.98 Å². The van der Waals surface area contributed by atoms with Crippen LogP contribution in [-0.4, -0.2) is 15.1 Å². The molecule has 1 aliphatic rings. The van der Waals surface area contributed by atoms with E-state index in [1.165, 1.54) is 0 Å². The standard InChI is InChI=1S/C17H18N4OS/c1-11-10-23-15(19-11)13-6-4-5-12(9-13)14-20-16(21-22-14)17(18)7-2-3-8-17/h4-6,9-10H,2-3,7-8,18H2,1H3. The number of benzene rings is 1.